The zero-order valence-corrected chi connectivity index (χ0v) is 27.7. The van der Waals surface area contributed by atoms with Crippen molar-refractivity contribution in [2.75, 3.05) is 4.90 Å². The fraction of sp³-hybridized carbons (Fsp3) is 0.0417. The van der Waals surface area contributed by atoms with E-state index in [-0.39, 0.29) is 0 Å². The summed E-state index contributed by atoms with van der Waals surface area (Å²) in [6.07, 6.45) is 0. The molecular weight excluding hydrogens is 607 g/mol. The molecule has 1 aromatic heterocycles. The van der Waals surface area contributed by atoms with E-state index < -0.39 is 5.41 Å². The van der Waals surface area contributed by atoms with E-state index in [1.165, 1.54) is 49.7 Å². The minimum absolute atomic E-state index is 0.532. The quantitative estimate of drug-likeness (QED) is 0.186. The van der Waals surface area contributed by atoms with E-state index in [1.807, 2.05) is 6.07 Å². The second-order valence-corrected chi connectivity index (χ2v) is 13.3. The summed E-state index contributed by atoms with van der Waals surface area (Å²) < 4.78 is 6.68. The van der Waals surface area contributed by atoms with Gasteiger partial charge in [-0.2, -0.15) is 0 Å². The number of rotatable bonds is 5. The topological polar surface area (TPSA) is 16.4 Å². The molecule has 0 unspecified atom stereocenters. The van der Waals surface area contributed by atoms with Crippen LogP contribution < -0.4 is 4.90 Å². The van der Waals surface area contributed by atoms with Crippen LogP contribution in [0.4, 0.5) is 17.1 Å². The van der Waals surface area contributed by atoms with Crippen molar-refractivity contribution in [3.8, 4) is 11.1 Å². The Balaban J connectivity index is 1.32. The number of furan rings is 1. The van der Waals surface area contributed by atoms with Gasteiger partial charge in [0.05, 0.1) is 11.1 Å². The molecule has 0 radical (unpaired) electrons. The first kappa shape index (κ1) is 28.6. The lowest BCUT2D eigenvalue weighted by Gasteiger charge is -2.35. The number of benzene rings is 8. The highest BCUT2D eigenvalue weighted by molar-refractivity contribution is 6.11. The van der Waals surface area contributed by atoms with Gasteiger partial charge in [-0.15, -0.1) is 0 Å². The second-order valence-electron chi connectivity index (χ2n) is 13.3. The van der Waals surface area contributed by atoms with Crippen molar-refractivity contribution in [1.82, 2.24) is 0 Å². The molecule has 0 aliphatic heterocycles. The fourth-order valence-corrected chi connectivity index (χ4v) is 8.51. The van der Waals surface area contributed by atoms with Crippen molar-refractivity contribution in [3.05, 3.63) is 210 Å². The summed E-state index contributed by atoms with van der Waals surface area (Å²) in [4.78, 5) is 2.39. The highest BCUT2D eigenvalue weighted by Gasteiger charge is 2.47. The van der Waals surface area contributed by atoms with Gasteiger partial charge in [-0.1, -0.05) is 152 Å². The number of aryl methyl sites for hydroxylation is 1. The first-order valence-electron chi connectivity index (χ1n) is 17.3. The molecule has 8 aromatic carbocycles. The second kappa shape index (κ2) is 11.1. The van der Waals surface area contributed by atoms with Gasteiger partial charge in [0, 0.05) is 22.1 Å². The molecule has 1 heterocycles. The lowest BCUT2D eigenvalue weighted by atomic mass is 9.67. The molecule has 1 aliphatic rings. The molecule has 9 aromatic rings. The number of fused-ring (bicyclic) bond motifs is 8. The van der Waals surface area contributed by atoms with Gasteiger partial charge in [0.15, 0.2) is 5.58 Å². The fourth-order valence-electron chi connectivity index (χ4n) is 8.51. The van der Waals surface area contributed by atoms with Crippen LogP contribution in [0.3, 0.4) is 0 Å². The first-order valence-corrected chi connectivity index (χ1v) is 17.3. The van der Waals surface area contributed by atoms with Crippen molar-refractivity contribution >= 4 is 49.8 Å². The SMILES string of the molecule is Cc1ccccc1N(c1ccc2c(c1)C(c1ccccc1)(c1ccccc1)c1ccc3ccccc3c1-2)c1cccc2c1oc1ccccc12. The number of hydrogen-bond donors (Lipinski definition) is 0. The van der Waals surface area contributed by atoms with E-state index in [2.05, 4.69) is 188 Å². The van der Waals surface area contributed by atoms with Crippen molar-refractivity contribution in [1.29, 1.82) is 0 Å². The van der Waals surface area contributed by atoms with Gasteiger partial charge in [0.2, 0.25) is 0 Å². The number of para-hydroxylation sites is 3. The van der Waals surface area contributed by atoms with Crippen molar-refractivity contribution in [3.63, 3.8) is 0 Å². The van der Waals surface area contributed by atoms with Gasteiger partial charge in [-0.3, -0.25) is 0 Å². The molecule has 0 saturated carbocycles. The summed E-state index contributed by atoms with van der Waals surface area (Å²) in [5.74, 6) is 0. The van der Waals surface area contributed by atoms with Crippen LogP contribution in [0.5, 0.6) is 0 Å². The Bertz CT molecular complexity index is 2680. The number of nitrogens with zero attached hydrogens (tertiary/aromatic N) is 1. The maximum atomic E-state index is 6.68. The van der Waals surface area contributed by atoms with Crippen LogP contribution in [0.15, 0.2) is 186 Å². The highest BCUT2D eigenvalue weighted by atomic mass is 16.3. The van der Waals surface area contributed by atoms with E-state index in [0.717, 1.165) is 39.0 Å². The zero-order chi connectivity index (χ0) is 33.2. The van der Waals surface area contributed by atoms with Gasteiger partial charge in [0.25, 0.3) is 0 Å². The Hall–Kier alpha value is -6.38. The van der Waals surface area contributed by atoms with Crippen LogP contribution >= 0.6 is 0 Å². The van der Waals surface area contributed by atoms with Crippen molar-refractivity contribution in [2.45, 2.75) is 12.3 Å². The molecular formula is C48H33NO. The van der Waals surface area contributed by atoms with Crippen LogP contribution in [0.2, 0.25) is 0 Å². The average molecular weight is 640 g/mol. The Morgan fingerprint density at radius 2 is 1.12 bits per heavy atom. The van der Waals surface area contributed by atoms with Crippen LogP contribution in [-0.2, 0) is 5.41 Å². The molecule has 50 heavy (non-hydrogen) atoms. The summed E-state index contributed by atoms with van der Waals surface area (Å²) in [5.41, 5.74) is 13.3. The van der Waals surface area contributed by atoms with Crippen molar-refractivity contribution < 1.29 is 4.42 Å². The van der Waals surface area contributed by atoms with Crippen LogP contribution in [-0.4, -0.2) is 0 Å². The lowest BCUT2D eigenvalue weighted by molar-refractivity contribution is 0.669. The van der Waals surface area contributed by atoms with E-state index in [1.54, 1.807) is 0 Å². The Kier molecular flexibility index (Phi) is 6.34. The van der Waals surface area contributed by atoms with E-state index in [0.29, 0.717) is 0 Å². The smallest absolute Gasteiger partial charge is 0.159 e. The first-order chi connectivity index (χ1) is 24.7. The van der Waals surface area contributed by atoms with E-state index in [9.17, 15) is 0 Å². The zero-order valence-electron chi connectivity index (χ0n) is 27.7. The average Bonchev–Trinajstić information content (AvgIpc) is 3.71. The summed E-state index contributed by atoms with van der Waals surface area (Å²) in [6, 6.07) is 66.1. The third-order valence-electron chi connectivity index (χ3n) is 10.7. The summed E-state index contributed by atoms with van der Waals surface area (Å²) >= 11 is 0. The molecule has 0 saturated heterocycles. The molecule has 236 valence electrons. The van der Waals surface area contributed by atoms with Crippen LogP contribution in [0.1, 0.15) is 27.8 Å². The summed E-state index contributed by atoms with van der Waals surface area (Å²) in [7, 11) is 0. The predicted octanol–water partition coefficient (Wildman–Crippen LogP) is 12.9. The standard InChI is InChI=1S/C48H33NO/c1-32-15-8-12-24-43(32)49(44-25-14-23-39-38-22-11-13-26-45(38)50-47(39)44)36-28-29-40-42(31-36)48(34-17-4-2-5-18-34,35-19-6-3-7-20-35)41-30-27-33-16-9-10-21-37(33)46(40)41/h2-31H,1H3. The Morgan fingerprint density at radius 3 is 1.90 bits per heavy atom. The van der Waals surface area contributed by atoms with Gasteiger partial charge >= 0.3 is 0 Å². The summed E-state index contributed by atoms with van der Waals surface area (Å²) in [6.45, 7) is 2.19. The molecule has 2 heteroatoms. The molecule has 0 fully saturated rings. The summed E-state index contributed by atoms with van der Waals surface area (Å²) in [5, 5.41) is 4.75. The lowest BCUT2D eigenvalue weighted by Crippen LogP contribution is -2.28. The molecule has 0 atom stereocenters. The minimum atomic E-state index is -0.532. The molecule has 2 nitrogen and oxygen atoms in total. The van der Waals surface area contributed by atoms with Crippen LogP contribution in [0.25, 0.3) is 43.8 Å². The molecule has 0 N–H and O–H groups in total. The van der Waals surface area contributed by atoms with Crippen molar-refractivity contribution in [2.24, 2.45) is 0 Å². The Morgan fingerprint density at radius 1 is 0.480 bits per heavy atom. The highest BCUT2D eigenvalue weighted by Crippen LogP contribution is 2.59. The largest absolute Gasteiger partial charge is 0.454 e. The van der Waals surface area contributed by atoms with Gasteiger partial charge < -0.3 is 9.32 Å². The molecule has 1 aliphatic carbocycles. The van der Waals surface area contributed by atoms with Crippen LogP contribution in [0, 0.1) is 6.92 Å². The van der Waals surface area contributed by atoms with Gasteiger partial charge in [-0.25, -0.2) is 0 Å². The monoisotopic (exact) mass is 639 g/mol. The normalized spacial score (nSPS) is 13.1. The molecule has 0 spiro atoms. The minimum Gasteiger partial charge on any atom is -0.454 e. The number of anilines is 3. The predicted molar refractivity (Wildman–Crippen MR) is 208 cm³/mol. The Labute approximate surface area is 291 Å². The maximum Gasteiger partial charge on any atom is 0.159 e. The third kappa shape index (κ3) is 4.02. The maximum absolute atomic E-state index is 6.68. The molecule has 0 amide bonds. The number of hydrogen-bond acceptors (Lipinski definition) is 2. The van der Waals surface area contributed by atoms with E-state index >= 15 is 0 Å². The molecule has 0 bridgehead atoms. The third-order valence-corrected chi connectivity index (χ3v) is 10.7. The van der Waals surface area contributed by atoms with E-state index in [4.69, 9.17) is 4.42 Å². The van der Waals surface area contributed by atoms with Gasteiger partial charge in [-0.05, 0) is 87.0 Å². The van der Waals surface area contributed by atoms with Gasteiger partial charge in [0.1, 0.15) is 5.58 Å². The molecule has 10 rings (SSSR count).